The van der Waals surface area contributed by atoms with Crippen molar-refractivity contribution in [2.45, 2.75) is 19.8 Å². The molecular weight excluding hydrogens is 319 g/mol. The predicted octanol–water partition coefficient (Wildman–Crippen LogP) is 4.33. The van der Waals surface area contributed by atoms with Crippen LogP contribution in [0.4, 0.5) is 4.39 Å². The summed E-state index contributed by atoms with van der Waals surface area (Å²) in [5.74, 6) is 0.814. The van der Waals surface area contributed by atoms with E-state index in [9.17, 15) is 4.39 Å². The van der Waals surface area contributed by atoms with Crippen LogP contribution in [0.2, 0.25) is 0 Å². The van der Waals surface area contributed by atoms with Crippen molar-refractivity contribution in [2.75, 3.05) is 0 Å². The minimum Gasteiger partial charge on any atom is -0.303 e. The molecule has 0 aliphatic rings. The van der Waals surface area contributed by atoms with E-state index in [1.165, 1.54) is 17.7 Å². The van der Waals surface area contributed by atoms with Gasteiger partial charge in [0.15, 0.2) is 0 Å². The number of aromatic nitrogens is 2. The molecule has 102 valence electrons. The van der Waals surface area contributed by atoms with Gasteiger partial charge in [-0.2, -0.15) is 0 Å². The maximum absolute atomic E-state index is 12.9. The quantitative estimate of drug-likeness (QED) is 0.697. The zero-order valence-electron chi connectivity index (χ0n) is 11.1. The highest BCUT2D eigenvalue weighted by atomic mass is 79.9. The van der Waals surface area contributed by atoms with Crippen LogP contribution < -0.4 is 0 Å². The highest BCUT2D eigenvalue weighted by molar-refractivity contribution is 9.10. The second-order valence-electron chi connectivity index (χ2n) is 4.90. The van der Waals surface area contributed by atoms with Crippen LogP contribution in [-0.2, 0) is 12.8 Å². The van der Waals surface area contributed by atoms with Crippen LogP contribution in [0.5, 0.6) is 0 Å². The van der Waals surface area contributed by atoms with Crippen LogP contribution in [-0.4, -0.2) is 9.38 Å². The van der Waals surface area contributed by atoms with Gasteiger partial charge in [0.1, 0.15) is 16.2 Å². The molecular formula is C16H14BrFN2. The average molecular weight is 333 g/mol. The molecule has 0 amide bonds. The monoisotopic (exact) mass is 332 g/mol. The first-order valence-electron chi connectivity index (χ1n) is 6.51. The lowest BCUT2D eigenvalue weighted by Crippen LogP contribution is -1.98. The van der Waals surface area contributed by atoms with E-state index in [2.05, 4.69) is 44.4 Å². The molecule has 20 heavy (non-hydrogen) atoms. The normalized spacial score (nSPS) is 11.2. The molecule has 0 saturated heterocycles. The molecule has 0 radical (unpaired) electrons. The van der Waals surface area contributed by atoms with Crippen LogP contribution in [0.25, 0.3) is 5.52 Å². The van der Waals surface area contributed by atoms with Crippen molar-refractivity contribution >= 4 is 21.4 Å². The number of imidazole rings is 1. The highest BCUT2D eigenvalue weighted by Gasteiger charge is 2.09. The molecule has 3 rings (SSSR count). The number of aryl methyl sites for hydroxylation is 3. The Morgan fingerprint density at radius 2 is 1.90 bits per heavy atom. The molecule has 1 aromatic carbocycles. The summed E-state index contributed by atoms with van der Waals surface area (Å²) < 4.78 is 15.8. The molecule has 0 fully saturated rings. The zero-order chi connectivity index (χ0) is 14.1. The van der Waals surface area contributed by atoms with Crippen molar-refractivity contribution in [2.24, 2.45) is 0 Å². The molecule has 2 aromatic heterocycles. The first-order chi connectivity index (χ1) is 9.63. The van der Waals surface area contributed by atoms with Crippen molar-refractivity contribution in [3.8, 4) is 0 Å². The van der Waals surface area contributed by atoms with Gasteiger partial charge in [-0.05, 0) is 64.7 Å². The van der Waals surface area contributed by atoms with E-state index in [1.54, 1.807) is 0 Å². The third kappa shape index (κ3) is 2.61. The SMILES string of the molecule is Cc1ccn2c(CCc3ccc(F)cc3)nc(Br)c2c1. The molecule has 0 aliphatic carbocycles. The van der Waals surface area contributed by atoms with Gasteiger partial charge in [-0.15, -0.1) is 0 Å². The van der Waals surface area contributed by atoms with E-state index in [4.69, 9.17) is 0 Å². The van der Waals surface area contributed by atoms with Crippen LogP contribution in [0.3, 0.4) is 0 Å². The fourth-order valence-corrected chi connectivity index (χ4v) is 2.81. The Balaban J connectivity index is 1.86. The molecule has 0 atom stereocenters. The smallest absolute Gasteiger partial charge is 0.132 e. The van der Waals surface area contributed by atoms with Crippen LogP contribution >= 0.6 is 15.9 Å². The number of fused-ring (bicyclic) bond motifs is 1. The summed E-state index contributed by atoms with van der Waals surface area (Å²) in [5, 5.41) is 0. The third-order valence-electron chi connectivity index (χ3n) is 3.38. The number of benzene rings is 1. The van der Waals surface area contributed by atoms with Gasteiger partial charge in [0.2, 0.25) is 0 Å². The Hall–Kier alpha value is -1.68. The molecule has 0 N–H and O–H groups in total. The van der Waals surface area contributed by atoms with Gasteiger partial charge in [-0.1, -0.05) is 12.1 Å². The van der Waals surface area contributed by atoms with Gasteiger partial charge in [0.25, 0.3) is 0 Å². The van der Waals surface area contributed by atoms with Crippen molar-refractivity contribution in [3.63, 3.8) is 0 Å². The summed E-state index contributed by atoms with van der Waals surface area (Å²) in [5.41, 5.74) is 3.41. The third-order valence-corrected chi connectivity index (χ3v) is 3.96. The summed E-state index contributed by atoms with van der Waals surface area (Å²) in [4.78, 5) is 4.57. The first kappa shape index (κ1) is 13.3. The fraction of sp³-hybridized carbons (Fsp3) is 0.188. The van der Waals surface area contributed by atoms with E-state index in [1.807, 2.05) is 18.3 Å². The summed E-state index contributed by atoms with van der Waals surface area (Å²) in [6, 6.07) is 10.8. The second kappa shape index (κ2) is 5.37. The fourth-order valence-electron chi connectivity index (χ4n) is 2.30. The van der Waals surface area contributed by atoms with E-state index in [0.29, 0.717) is 0 Å². The average Bonchev–Trinajstić information content (AvgIpc) is 2.74. The van der Waals surface area contributed by atoms with Gasteiger partial charge < -0.3 is 4.40 Å². The van der Waals surface area contributed by atoms with Crippen LogP contribution in [0, 0.1) is 12.7 Å². The zero-order valence-corrected chi connectivity index (χ0v) is 12.7. The molecule has 0 saturated carbocycles. The molecule has 3 aromatic rings. The topological polar surface area (TPSA) is 17.3 Å². The standard InChI is InChI=1S/C16H14BrFN2/c1-11-8-9-20-14(10-11)16(17)19-15(20)7-4-12-2-5-13(18)6-3-12/h2-3,5-6,8-10H,4,7H2,1H3. The lowest BCUT2D eigenvalue weighted by molar-refractivity contribution is 0.627. The maximum Gasteiger partial charge on any atom is 0.132 e. The van der Waals surface area contributed by atoms with Gasteiger partial charge in [-0.25, -0.2) is 9.37 Å². The van der Waals surface area contributed by atoms with Gasteiger partial charge in [0, 0.05) is 12.6 Å². The largest absolute Gasteiger partial charge is 0.303 e. The number of halogens is 2. The van der Waals surface area contributed by atoms with Gasteiger partial charge in [0.05, 0.1) is 5.52 Å². The first-order valence-corrected chi connectivity index (χ1v) is 7.30. The highest BCUT2D eigenvalue weighted by Crippen LogP contribution is 2.21. The molecule has 2 nitrogen and oxygen atoms in total. The second-order valence-corrected chi connectivity index (χ2v) is 5.66. The van der Waals surface area contributed by atoms with Gasteiger partial charge >= 0.3 is 0 Å². The Labute approximate surface area is 125 Å². The van der Waals surface area contributed by atoms with Crippen molar-refractivity contribution in [1.82, 2.24) is 9.38 Å². The number of rotatable bonds is 3. The number of nitrogens with zero attached hydrogens (tertiary/aromatic N) is 2. The van der Waals surface area contributed by atoms with E-state index >= 15 is 0 Å². The maximum atomic E-state index is 12.9. The lowest BCUT2D eigenvalue weighted by atomic mass is 10.1. The van der Waals surface area contributed by atoms with Crippen molar-refractivity contribution < 1.29 is 4.39 Å². The molecule has 0 unspecified atom stereocenters. The summed E-state index contributed by atoms with van der Waals surface area (Å²) in [6.45, 7) is 2.07. The Morgan fingerprint density at radius 3 is 2.65 bits per heavy atom. The minimum atomic E-state index is -0.196. The predicted molar refractivity (Wildman–Crippen MR) is 81.4 cm³/mol. The minimum absolute atomic E-state index is 0.196. The Bertz CT molecular complexity index is 747. The molecule has 0 bridgehead atoms. The summed E-state index contributed by atoms with van der Waals surface area (Å²) >= 11 is 3.51. The lowest BCUT2D eigenvalue weighted by Gasteiger charge is -2.03. The van der Waals surface area contributed by atoms with E-state index in [-0.39, 0.29) is 5.82 Å². The number of hydrogen-bond acceptors (Lipinski definition) is 1. The van der Waals surface area contributed by atoms with Crippen molar-refractivity contribution in [3.05, 3.63) is 70.0 Å². The van der Waals surface area contributed by atoms with Gasteiger partial charge in [-0.3, -0.25) is 0 Å². The Morgan fingerprint density at radius 1 is 1.15 bits per heavy atom. The van der Waals surface area contributed by atoms with E-state index in [0.717, 1.165) is 34.3 Å². The van der Waals surface area contributed by atoms with Crippen LogP contribution in [0.15, 0.2) is 47.2 Å². The summed E-state index contributed by atoms with van der Waals surface area (Å²) in [6.07, 6.45) is 3.71. The number of hydrogen-bond donors (Lipinski definition) is 0. The van der Waals surface area contributed by atoms with E-state index < -0.39 is 0 Å². The Kier molecular flexibility index (Phi) is 3.57. The summed E-state index contributed by atoms with van der Waals surface area (Å²) in [7, 11) is 0. The number of pyridine rings is 1. The molecule has 0 aliphatic heterocycles. The molecule has 4 heteroatoms. The molecule has 0 spiro atoms. The molecule has 2 heterocycles. The van der Waals surface area contributed by atoms with Crippen molar-refractivity contribution in [1.29, 1.82) is 0 Å². The van der Waals surface area contributed by atoms with Crippen LogP contribution in [0.1, 0.15) is 17.0 Å².